The molecule has 1 amide bonds. The number of piperidine rings is 1. The monoisotopic (exact) mass is 332 g/mol. The van der Waals surface area contributed by atoms with Gasteiger partial charge >= 0.3 is 0 Å². The topological polar surface area (TPSA) is 61.8 Å². The highest BCUT2D eigenvalue weighted by Gasteiger charge is 2.28. The molecule has 24 heavy (non-hydrogen) atoms. The van der Waals surface area contributed by atoms with Gasteiger partial charge in [0.25, 0.3) is 0 Å². The highest BCUT2D eigenvalue weighted by molar-refractivity contribution is 5.79. The van der Waals surface area contributed by atoms with Crippen molar-refractivity contribution < 1.29 is 14.6 Å². The van der Waals surface area contributed by atoms with Crippen LogP contribution >= 0.6 is 0 Å². The third-order valence-corrected chi connectivity index (χ3v) is 5.05. The molecule has 1 saturated carbocycles. The molecule has 2 aliphatic rings. The molecule has 3 rings (SSSR count). The average Bonchev–Trinajstić information content (AvgIpc) is 3.44. The molecule has 0 spiro atoms. The molecule has 1 heterocycles. The van der Waals surface area contributed by atoms with Crippen molar-refractivity contribution in [2.24, 2.45) is 11.8 Å². The lowest BCUT2D eigenvalue weighted by atomic mass is 9.96. The number of amides is 1. The first-order chi connectivity index (χ1) is 11.7. The second-order valence-electron chi connectivity index (χ2n) is 7.08. The van der Waals surface area contributed by atoms with E-state index in [9.17, 15) is 9.90 Å². The zero-order chi connectivity index (χ0) is 16.9. The largest absolute Gasteiger partial charge is 0.497 e. The number of aliphatic hydroxyl groups is 1. The van der Waals surface area contributed by atoms with Crippen molar-refractivity contribution in [3.05, 3.63) is 29.8 Å². The Hall–Kier alpha value is -1.59. The molecule has 2 N–H and O–H groups in total. The maximum Gasteiger partial charge on any atom is 0.224 e. The SMILES string of the molecule is COc1cccc(C(O)CN2CCCC(C(=O)NCC3CC3)C2)c1. The zero-order valence-corrected chi connectivity index (χ0v) is 14.4. The summed E-state index contributed by atoms with van der Waals surface area (Å²) in [5.41, 5.74) is 0.856. The van der Waals surface area contributed by atoms with Crippen LogP contribution < -0.4 is 10.1 Å². The molecule has 2 atom stereocenters. The van der Waals surface area contributed by atoms with Gasteiger partial charge in [-0.1, -0.05) is 12.1 Å². The van der Waals surface area contributed by atoms with Crippen LogP contribution in [0.3, 0.4) is 0 Å². The van der Waals surface area contributed by atoms with Gasteiger partial charge < -0.3 is 15.2 Å². The number of nitrogens with one attached hydrogen (secondary N) is 1. The molecule has 5 heteroatoms. The highest BCUT2D eigenvalue weighted by atomic mass is 16.5. The smallest absolute Gasteiger partial charge is 0.224 e. The maximum absolute atomic E-state index is 12.3. The van der Waals surface area contributed by atoms with Gasteiger partial charge in [-0.3, -0.25) is 9.69 Å². The Balaban J connectivity index is 1.51. The predicted octanol–water partition coefficient (Wildman–Crippen LogP) is 1.97. The van der Waals surface area contributed by atoms with Crippen molar-refractivity contribution in [3.63, 3.8) is 0 Å². The molecule has 1 aliphatic carbocycles. The minimum Gasteiger partial charge on any atom is -0.497 e. The Morgan fingerprint density at radius 1 is 1.42 bits per heavy atom. The third kappa shape index (κ3) is 4.71. The van der Waals surface area contributed by atoms with Gasteiger partial charge in [-0.15, -0.1) is 0 Å². The van der Waals surface area contributed by atoms with Crippen molar-refractivity contribution in [2.45, 2.75) is 31.8 Å². The summed E-state index contributed by atoms with van der Waals surface area (Å²) in [5.74, 6) is 1.70. The summed E-state index contributed by atoms with van der Waals surface area (Å²) in [6, 6.07) is 7.55. The fraction of sp³-hybridized carbons (Fsp3) is 0.632. The molecule has 1 aromatic rings. The molecular formula is C19H28N2O3. The summed E-state index contributed by atoms with van der Waals surface area (Å²) in [6.07, 6.45) is 3.90. The number of hydrogen-bond donors (Lipinski definition) is 2. The van der Waals surface area contributed by atoms with Crippen LogP contribution in [0.15, 0.2) is 24.3 Å². The Bertz CT molecular complexity index is 559. The molecule has 5 nitrogen and oxygen atoms in total. The van der Waals surface area contributed by atoms with Gasteiger partial charge in [-0.05, 0) is 55.8 Å². The molecular weight excluding hydrogens is 304 g/mol. The van der Waals surface area contributed by atoms with E-state index in [4.69, 9.17) is 4.74 Å². The molecule has 1 aliphatic heterocycles. The second-order valence-corrected chi connectivity index (χ2v) is 7.08. The summed E-state index contributed by atoms with van der Waals surface area (Å²) in [4.78, 5) is 14.5. The van der Waals surface area contributed by atoms with Crippen molar-refractivity contribution in [1.29, 1.82) is 0 Å². The van der Waals surface area contributed by atoms with Gasteiger partial charge in [0, 0.05) is 19.6 Å². The summed E-state index contributed by atoms with van der Waals surface area (Å²) in [5, 5.41) is 13.6. The first kappa shape index (κ1) is 17.2. The number of β-amino-alcohol motifs (C(OH)–C–C–N with tert-alkyl or cyclic N) is 1. The van der Waals surface area contributed by atoms with E-state index >= 15 is 0 Å². The van der Waals surface area contributed by atoms with E-state index < -0.39 is 6.10 Å². The quantitative estimate of drug-likeness (QED) is 0.801. The van der Waals surface area contributed by atoms with Crippen molar-refractivity contribution in [3.8, 4) is 5.75 Å². The van der Waals surface area contributed by atoms with Crippen molar-refractivity contribution in [1.82, 2.24) is 10.2 Å². The summed E-state index contributed by atoms with van der Waals surface area (Å²) < 4.78 is 5.22. The van der Waals surface area contributed by atoms with E-state index in [2.05, 4.69) is 10.2 Å². The Morgan fingerprint density at radius 2 is 2.25 bits per heavy atom. The van der Waals surface area contributed by atoms with Crippen LogP contribution in [-0.4, -0.2) is 49.2 Å². The number of hydrogen-bond acceptors (Lipinski definition) is 4. The van der Waals surface area contributed by atoms with Crippen molar-refractivity contribution >= 4 is 5.91 Å². The lowest BCUT2D eigenvalue weighted by Crippen LogP contribution is -2.44. The van der Waals surface area contributed by atoms with Crippen LogP contribution in [0.5, 0.6) is 5.75 Å². The Kier molecular flexibility index (Phi) is 5.74. The van der Waals surface area contributed by atoms with E-state index in [0.717, 1.165) is 43.8 Å². The third-order valence-electron chi connectivity index (χ3n) is 5.05. The molecule has 2 unspecified atom stereocenters. The van der Waals surface area contributed by atoms with Crippen molar-refractivity contribution in [2.75, 3.05) is 33.3 Å². The van der Waals surface area contributed by atoms with Gasteiger partial charge in [-0.2, -0.15) is 0 Å². The summed E-state index contributed by atoms with van der Waals surface area (Å²) in [7, 11) is 1.63. The highest BCUT2D eigenvalue weighted by Crippen LogP contribution is 2.28. The van der Waals surface area contributed by atoms with E-state index in [1.165, 1.54) is 12.8 Å². The van der Waals surface area contributed by atoms with Gasteiger partial charge in [0.05, 0.1) is 19.1 Å². The number of nitrogens with zero attached hydrogens (tertiary/aromatic N) is 1. The first-order valence-electron chi connectivity index (χ1n) is 8.98. The molecule has 1 aromatic carbocycles. The second kappa shape index (κ2) is 7.99. The molecule has 0 aromatic heterocycles. The number of likely N-dealkylation sites (tertiary alicyclic amines) is 1. The first-order valence-corrected chi connectivity index (χ1v) is 8.98. The lowest BCUT2D eigenvalue weighted by molar-refractivity contribution is -0.127. The Morgan fingerprint density at radius 3 is 3.00 bits per heavy atom. The van der Waals surface area contributed by atoms with Gasteiger partial charge in [0.15, 0.2) is 0 Å². The van der Waals surface area contributed by atoms with Crippen LogP contribution in [0.2, 0.25) is 0 Å². The summed E-state index contributed by atoms with van der Waals surface area (Å²) in [6.45, 7) is 3.06. The molecule has 0 bridgehead atoms. The van der Waals surface area contributed by atoms with Crippen LogP contribution in [-0.2, 0) is 4.79 Å². The number of aliphatic hydroxyl groups excluding tert-OH is 1. The Labute approximate surface area is 144 Å². The van der Waals surface area contributed by atoms with Gasteiger partial charge in [-0.25, -0.2) is 0 Å². The van der Waals surface area contributed by atoms with E-state index in [1.807, 2.05) is 24.3 Å². The van der Waals surface area contributed by atoms with Crippen LogP contribution in [0, 0.1) is 11.8 Å². The minimum atomic E-state index is -0.562. The molecule has 2 fully saturated rings. The molecule has 1 saturated heterocycles. The zero-order valence-electron chi connectivity index (χ0n) is 14.4. The standard InChI is InChI=1S/C19H28N2O3/c1-24-17-6-2-4-15(10-17)18(22)13-21-9-3-5-16(12-21)19(23)20-11-14-7-8-14/h2,4,6,10,14,16,18,22H,3,5,7-9,11-13H2,1H3,(H,20,23). The lowest BCUT2D eigenvalue weighted by Gasteiger charge is -2.33. The molecule has 132 valence electrons. The fourth-order valence-corrected chi connectivity index (χ4v) is 3.35. The normalized spacial score (nSPS) is 22.8. The van der Waals surface area contributed by atoms with Crippen LogP contribution in [0.1, 0.15) is 37.4 Å². The number of methoxy groups -OCH3 is 1. The summed E-state index contributed by atoms with van der Waals surface area (Å²) >= 11 is 0. The van der Waals surface area contributed by atoms with E-state index in [-0.39, 0.29) is 11.8 Å². The number of benzene rings is 1. The average molecular weight is 332 g/mol. The number of ether oxygens (including phenoxy) is 1. The van der Waals surface area contributed by atoms with E-state index in [0.29, 0.717) is 12.5 Å². The van der Waals surface area contributed by atoms with Gasteiger partial charge in [0.1, 0.15) is 5.75 Å². The molecule has 0 radical (unpaired) electrons. The van der Waals surface area contributed by atoms with Crippen LogP contribution in [0.4, 0.5) is 0 Å². The minimum absolute atomic E-state index is 0.0509. The van der Waals surface area contributed by atoms with E-state index in [1.54, 1.807) is 7.11 Å². The predicted molar refractivity (Wildman–Crippen MR) is 92.9 cm³/mol. The number of carbonyl (C=O) groups excluding carboxylic acids is 1. The number of rotatable bonds is 7. The fourth-order valence-electron chi connectivity index (χ4n) is 3.35. The van der Waals surface area contributed by atoms with Crippen LogP contribution in [0.25, 0.3) is 0 Å². The maximum atomic E-state index is 12.3. The van der Waals surface area contributed by atoms with Gasteiger partial charge in [0.2, 0.25) is 5.91 Å². The number of carbonyl (C=O) groups is 1.